The van der Waals surface area contributed by atoms with E-state index in [1.54, 1.807) is 12.3 Å². The summed E-state index contributed by atoms with van der Waals surface area (Å²) in [5, 5.41) is 6.98. The van der Waals surface area contributed by atoms with Gasteiger partial charge in [0.25, 0.3) is 0 Å². The first kappa shape index (κ1) is 14.4. The first-order valence-electron chi connectivity index (χ1n) is 6.27. The lowest BCUT2D eigenvalue weighted by molar-refractivity contribution is 0.149. The van der Waals surface area contributed by atoms with Crippen molar-refractivity contribution in [3.8, 4) is 0 Å². The molecule has 0 aliphatic heterocycles. The summed E-state index contributed by atoms with van der Waals surface area (Å²) in [4.78, 5) is 4.28. The molecule has 0 atom stereocenters. The molecule has 0 spiro atoms. The highest BCUT2D eigenvalue weighted by atomic mass is 32.1. The molecule has 4 nitrogen and oxygen atoms in total. The van der Waals surface area contributed by atoms with E-state index in [0.29, 0.717) is 13.2 Å². The second-order valence-corrected chi connectivity index (χ2v) is 5.02. The fraction of sp³-hybridized carbons (Fsp3) is 0.200. The number of hydrogen-bond acceptors (Lipinski definition) is 5. The van der Waals surface area contributed by atoms with Crippen LogP contribution in [-0.4, -0.2) is 17.8 Å². The van der Waals surface area contributed by atoms with Crippen LogP contribution in [0.15, 0.2) is 47.4 Å². The molecule has 5 heteroatoms. The minimum Gasteiger partial charge on any atom is -0.373 e. The van der Waals surface area contributed by atoms with E-state index in [2.05, 4.69) is 22.1 Å². The smallest absolute Gasteiger partial charge is 0.203 e. The molecular weight excluding hydrogens is 270 g/mol. The van der Waals surface area contributed by atoms with Gasteiger partial charge in [-0.3, -0.25) is 5.43 Å². The van der Waals surface area contributed by atoms with E-state index in [1.807, 2.05) is 36.6 Å². The first-order valence-corrected chi connectivity index (χ1v) is 7.15. The van der Waals surface area contributed by atoms with Gasteiger partial charge in [-0.25, -0.2) is 4.98 Å². The van der Waals surface area contributed by atoms with E-state index in [1.165, 1.54) is 11.3 Å². The van der Waals surface area contributed by atoms with Crippen molar-refractivity contribution in [3.05, 3.63) is 59.1 Å². The number of rotatable bonds is 7. The number of ether oxygens (including phenoxy) is 1. The van der Waals surface area contributed by atoms with Crippen LogP contribution in [0.4, 0.5) is 5.13 Å². The van der Waals surface area contributed by atoms with E-state index in [4.69, 9.17) is 4.74 Å². The maximum atomic E-state index is 5.47. The average molecular weight is 287 g/mol. The van der Waals surface area contributed by atoms with Gasteiger partial charge in [-0.1, -0.05) is 30.3 Å². The zero-order valence-electron chi connectivity index (χ0n) is 11.4. The van der Waals surface area contributed by atoms with Crippen LogP contribution in [0.1, 0.15) is 16.8 Å². The quantitative estimate of drug-likeness (QED) is 0.366. The molecule has 1 aromatic carbocycles. The molecule has 0 aliphatic carbocycles. The van der Waals surface area contributed by atoms with Crippen LogP contribution in [0.2, 0.25) is 0 Å². The fourth-order valence-corrected chi connectivity index (χ4v) is 2.24. The highest BCUT2D eigenvalue weighted by molar-refractivity contribution is 7.13. The highest BCUT2D eigenvalue weighted by Gasteiger charge is 1.99. The molecule has 0 radical (unpaired) electrons. The Morgan fingerprint density at radius 3 is 3.05 bits per heavy atom. The van der Waals surface area contributed by atoms with Crippen molar-refractivity contribution in [1.82, 2.24) is 4.98 Å². The third-order valence-corrected chi connectivity index (χ3v) is 3.40. The number of aromatic nitrogens is 1. The predicted molar refractivity (Wildman–Crippen MR) is 84.4 cm³/mol. The van der Waals surface area contributed by atoms with Gasteiger partial charge < -0.3 is 4.74 Å². The summed E-state index contributed by atoms with van der Waals surface area (Å²) in [6, 6.07) is 8.00. The van der Waals surface area contributed by atoms with Gasteiger partial charge in [-0.15, -0.1) is 17.9 Å². The number of thiazole rings is 1. The Balaban J connectivity index is 1.99. The van der Waals surface area contributed by atoms with Crippen molar-refractivity contribution < 1.29 is 4.74 Å². The van der Waals surface area contributed by atoms with Crippen LogP contribution in [0, 0.1) is 6.92 Å². The lowest BCUT2D eigenvalue weighted by Crippen LogP contribution is -1.98. The van der Waals surface area contributed by atoms with Crippen LogP contribution < -0.4 is 5.43 Å². The van der Waals surface area contributed by atoms with E-state index in [9.17, 15) is 0 Å². The average Bonchev–Trinajstić information content (AvgIpc) is 2.86. The normalized spacial score (nSPS) is 10.8. The van der Waals surface area contributed by atoms with Crippen molar-refractivity contribution in [2.75, 3.05) is 12.0 Å². The molecule has 1 aromatic heterocycles. The summed E-state index contributed by atoms with van der Waals surface area (Å²) in [5.41, 5.74) is 6.04. The minimum atomic E-state index is 0.544. The van der Waals surface area contributed by atoms with Gasteiger partial charge in [-0.2, -0.15) is 5.10 Å². The summed E-state index contributed by atoms with van der Waals surface area (Å²) >= 11 is 1.53. The van der Waals surface area contributed by atoms with E-state index in [0.717, 1.165) is 22.0 Å². The molecule has 0 saturated heterocycles. The Labute approximate surface area is 122 Å². The maximum Gasteiger partial charge on any atom is 0.203 e. The third kappa shape index (κ3) is 4.29. The summed E-state index contributed by atoms with van der Waals surface area (Å²) in [5.74, 6) is 0. The molecule has 2 aromatic rings. The van der Waals surface area contributed by atoms with Gasteiger partial charge in [0.15, 0.2) is 0 Å². The second-order valence-electron chi connectivity index (χ2n) is 4.17. The molecule has 1 heterocycles. The standard InChI is InChI=1S/C15H17N3OS/c1-3-8-19-10-14-7-5-4-6-13(14)9-16-18-15-17-12(2)11-20-15/h3-7,9,11H,1,8,10H2,2H3,(H,17,18). The summed E-state index contributed by atoms with van der Waals surface area (Å²) in [6.45, 7) is 6.68. The number of benzene rings is 1. The van der Waals surface area contributed by atoms with Crippen molar-refractivity contribution in [2.45, 2.75) is 13.5 Å². The topological polar surface area (TPSA) is 46.5 Å². The van der Waals surface area contributed by atoms with Crippen LogP contribution in [-0.2, 0) is 11.3 Å². The molecule has 104 valence electrons. The van der Waals surface area contributed by atoms with Gasteiger partial charge in [0, 0.05) is 10.9 Å². The monoisotopic (exact) mass is 287 g/mol. The van der Waals surface area contributed by atoms with Gasteiger partial charge in [0.05, 0.1) is 25.1 Å². The second kappa shape index (κ2) is 7.57. The Morgan fingerprint density at radius 2 is 2.30 bits per heavy atom. The maximum absolute atomic E-state index is 5.47. The van der Waals surface area contributed by atoms with Gasteiger partial charge in [-0.05, 0) is 12.5 Å². The minimum absolute atomic E-state index is 0.544. The molecule has 0 unspecified atom stereocenters. The summed E-state index contributed by atoms with van der Waals surface area (Å²) < 4.78 is 5.47. The van der Waals surface area contributed by atoms with Crippen molar-refractivity contribution in [3.63, 3.8) is 0 Å². The SMILES string of the molecule is C=CCOCc1ccccc1C=NNc1nc(C)cs1. The van der Waals surface area contributed by atoms with E-state index < -0.39 is 0 Å². The zero-order valence-corrected chi connectivity index (χ0v) is 12.2. The lowest BCUT2D eigenvalue weighted by Gasteiger charge is -2.05. The van der Waals surface area contributed by atoms with Crippen molar-refractivity contribution >= 4 is 22.7 Å². The van der Waals surface area contributed by atoms with Gasteiger partial charge in [0.1, 0.15) is 0 Å². The van der Waals surface area contributed by atoms with Crippen LogP contribution in [0.5, 0.6) is 0 Å². The zero-order chi connectivity index (χ0) is 14.2. The van der Waals surface area contributed by atoms with Crippen LogP contribution in [0.25, 0.3) is 0 Å². The molecule has 0 aliphatic rings. The fourth-order valence-electron chi connectivity index (χ4n) is 1.61. The Morgan fingerprint density at radius 1 is 1.45 bits per heavy atom. The predicted octanol–water partition coefficient (Wildman–Crippen LogP) is 3.60. The summed E-state index contributed by atoms with van der Waals surface area (Å²) in [7, 11) is 0. The van der Waals surface area contributed by atoms with Gasteiger partial charge in [0.2, 0.25) is 5.13 Å². The van der Waals surface area contributed by atoms with Crippen LogP contribution in [0.3, 0.4) is 0 Å². The number of hydrazone groups is 1. The number of anilines is 1. The van der Waals surface area contributed by atoms with E-state index in [-0.39, 0.29) is 0 Å². The Kier molecular flexibility index (Phi) is 5.46. The number of hydrogen-bond donors (Lipinski definition) is 1. The molecule has 2 rings (SSSR count). The summed E-state index contributed by atoms with van der Waals surface area (Å²) in [6.07, 6.45) is 3.52. The van der Waals surface area contributed by atoms with Crippen molar-refractivity contribution in [1.29, 1.82) is 0 Å². The number of nitrogens with zero attached hydrogens (tertiary/aromatic N) is 2. The van der Waals surface area contributed by atoms with Crippen LogP contribution >= 0.6 is 11.3 Å². The molecule has 0 bridgehead atoms. The number of aryl methyl sites for hydroxylation is 1. The lowest BCUT2D eigenvalue weighted by atomic mass is 10.1. The third-order valence-electron chi connectivity index (χ3n) is 2.53. The first-order chi connectivity index (χ1) is 9.79. The van der Waals surface area contributed by atoms with Crippen molar-refractivity contribution in [2.24, 2.45) is 5.10 Å². The molecule has 0 amide bonds. The largest absolute Gasteiger partial charge is 0.373 e. The highest BCUT2D eigenvalue weighted by Crippen LogP contribution is 2.14. The molecule has 0 saturated carbocycles. The number of nitrogens with one attached hydrogen (secondary N) is 1. The van der Waals surface area contributed by atoms with Gasteiger partial charge >= 0.3 is 0 Å². The Bertz CT molecular complexity index is 592. The van der Waals surface area contributed by atoms with E-state index >= 15 is 0 Å². The Hall–Kier alpha value is -1.98. The molecule has 20 heavy (non-hydrogen) atoms. The molecule has 0 fully saturated rings. The molecule has 1 N–H and O–H groups in total. The molecular formula is C15H17N3OS.